The summed E-state index contributed by atoms with van der Waals surface area (Å²) >= 11 is 0. The lowest BCUT2D eigenvalue weighted by molar-refractivity contribution is 1.10. The summed E-state index contributed by atoms with van der Waals surface area (Å²) in [6.45, 7) is 3.58. The summed E-state index contributed by atoms with van der Waals surface area (Å²) in [5.41, 5.74) is 2.37. The first-order valence-electron chi connectivity index (χ1n) is 10.1. The van der Waals surface area contributed by atoms with Crippen LogP contribution < -0.4 is 0 Å². The molecule has 164 valence electrons. The minimum Gasteiger partial charge on any atom is -0.247 e. The largest absolute Gasteiger partial charge is 0.247 e. The quantitative estimate of drug-likeness (QED) is 0.228. The smallest absolute Gasteiger partial charge is 0.199 e. The zero-order chi connectivity index (χ0) is 25.1. The van der Waals surface area contributed by atoms with Gasteiger partial charge < -0.3 is 0 Å². The Bertz CT molecular complexity index is 2020. The number of rotatable bonds is 0. The van der Waals surface area contributed by atoms with E-state index < -0.39 is 0 Å². The maximum Gasteiger partial charge on any atom is 0.199 e. The lowest BCUT2D eigenvalue weighted by Crippen LogP contribution is -2.05. The SMILES string of the molecule is Cc1nc2c(nc1C)c1nc3nc(C#N)c(C#N)nc3nc1c1nc3nc(C#N)c(C#N)nc3nc21. The van der Waals surface area contributed by atoms with Gasteiger partial charge in [0.25, 0.3) is 0 Å². The molecule has 6 rings (SSSR count). The molecule has 0 unspecified atom stereocenters. The molecule has 36 heavy (non-hydrogen) atoms. The highest BCUT2D eigenvalue weighted by Crippen LogP contribution is 2.31. The molecule has 0 N–H and O–H groups in total. The van der Waals surface area contributed by atoms with Crippen LogP contribution in [-0.2, 0) is 0 Å². The van der Waals surface area contributed by atoms with E-state index in [0.717, 1.165) is 0 Å². The van der Waals surface area contributed by atoms with Crippen LogP contribution in [0.25, 0.3) is 55.7 Å². The van der Waals surface area contributed by atoms with Gasteiger partial charge in [-0.05, 0) is 13.8 Å². The van der Waals surface area contributed by atoms with Crippen molar-refractivity contribution in [2.75, 3.05) is 0 Å². The van der Waals surface area contributed by atoms with E-state index in [1.165, 1.54) is 0 Å². The Balaban J connectivity index is 1.88. The van der Waals surface area contributed by atoms with Gasteiger partial charge in [0.2, 0.25) is 0 Å². The number of aryl methyl sites for hydroxylation is 2. The average molecular weight is 466 g/mol. The zero-order valence-corrected chi connectivity index (χ0v) is 18.3. The van der Waals surface area contributed by atoms with Gasteiger partial charge in [0.05, 0.1) is 11.4 Å². The maximum atomic E-state index is 9.35. The van der Waals surface area contributed by atoms with Gasteiger partial charge in [0.1, 0.15) is 57.4 Å². The molecule has 0 aliphatic carbocycles. The molecular formula is C22H6N14. The molecule has 0 spiro atoms. The van der Waals surface area contributed by atoms with Crippen molar-refractivity contribution in [1.82, 2.24) is 49.8 Å². The van der Waals surface area contributed by atoms with Crippen LogP contribution in [-0.4, -0.2) is 49.8 Å². The Hall–Kier alpha value is -6.12. The van der Waals surface area contributed by atoms with E-state index in [9.17, 15) is 21.0 Å². The Morgan fingerprint density at radius 2 is 0.583 bits per heavy atom. The summed E-state index contributed by atoms with van der Waals surface area (Å²) in [4.78, 5) is 44.0. The van der Waals surface area contributed by atoms with Gasteiger partial charge >= 0.3 is 0 Å². The second-order valence-electron chi connectivity index (χ2n) is 7.52. The number of hydrogen-bond acceptors (Lipinski definition) is 14. The highest BCUT2D eigenvalue weighted by Gasteiger charge is 2.21. The first-order valence-corrected chi connectivity index (χ1v) is 10.1. The predicted molar refractivity (Wildman–Crippen MR) is 120 cm³/mol. The van der Waals surface area contributed by atoms with E-state index in [1.54, 1.807) is 13.8 Å². The van der Waals surface area contributed by atoms with E-state index in [1.807, 2.05) is 24.3 Å². The molecule has 0 aliphatic heterocycles. The van der Waals surface area contributed by atoms with Crippen LogP contribution in [0, 0.1) is 59.2 Å². The summed E-state index contributed by atoms with van der Waals surface area (Å²) in [6.07, 6.45) is 0. The fourth-order valence-corrected chi connectivity index (χ4v) is 3.68. The molecular weight excluding hydrogens is 460 g/mol. The first kappa shape index (κ1) is 20.5. The third-order valence-corrected chi connectivity index (χ3v) is 5.44. The molecule has 0 saturated carbocycles. The fraction of sp³-hybridized carbons (Fsp3) is 0.0909. The van der Waals surface area contributed by atoms with Crippen molar-refractivity contribution in [3.05, 3.63) is 34.2 Å². The molecule has 0 aliphatic rings. The Labute approximate surface area is 199 Å². The first-order chi connectivity index (χ1) is 17.4. The molecule has 5 heterocycles. The normalized spacial score (nSPS) is 10.9. The van der Waals surface area contributed by atoms with Crippen LogP contribution in [0.15, 0.2) is 0 Å². The van der Waals surface area contributed by atoms with Crippen molar-refractivity contribution in [2.24, 2.45) is 0 Å². The van der Waals surface area contributed by atoms with Crippen LogP contribution in [0.2, 0.25) is 0 Å². The molecule has 5 aromatic heterocycles. The Morgan fingerprint density at radius 1 is 0.361 bits per heavy atom. The molecule has 0 amide bonds. The van der Waals surface area contributed by atoms with Gasteiger partial charge in [-0.1, -0.05) is 0 Å². The summed E-state index contributed by atoms with van der Waals surface area (Å²) in [7, 11) is 0. The van der Waals surface area contributed by atoms with Crippen LogP contribution >= 0.6 is 0 Å². The standard InChI is InChI=1S/C22H6N14/c1-7-8(2)28-14-13(27-7)15-17(35-21-19(33-15)29-9(3-23)11(5-25)31-21)18-16(14)34-20-22(36-18)32-12(6-26)10(4-24)30-20/h1-2H3. The summed E-state index contributed by atoms with van der Waals surface area (Å²) in [5, 5.41) is 37.4. The number of nitrogens with zero attached hydrogens (tertiary/aromatic N) is 14. The van der Waals surface area contributed by atoms with Crippen LogP contribution in [0.1, 0.15) is 34.2 Å². The third kappa shape index (κ3) is 2.73. The van der Waals surface area contributed by atoms with Crippen LogP contribution in [0.4, 0.5) is 0 Å². The minimum absolute atomic E-state index is 0.0148. The molecule has 0 fully saturated rings. The van der Waals surface area contributed by atoms with Crippen molar-refractivity contribution >= 4 is 55.7 Å². The van der Waals surface area contributed by atoms with E-state index >= 15 is 0 Å². The summed E-state index contributed by atoms with van der Waals surface area (Å²) < 4.78 is 0. The summed E-state index contributed by atoms with van der Waals surface area (Å²) in [5.74, 6) is 0. The molecule has 0 bridgehead atoms. The van der Waals surface area contributed by atoms with Gasteiger partial charge in [0, 0.05) is 0 Å². The Morgan fingerprint density at radius 3 is 0.806 bits per heavy atom. The van der Waals surface area contributed by atoms with Gasteiger partial charge in [-0.3, -0.25) is 0 Å². The second kappa shape index (κ2) is 7.19. The monoisotopic (exact) mass is 466 g/mol. The Kier molecular flexibility index (Phi) is 4.09. The van der Waals surface area contributed by atoms with Crippen molar-refractivity contribution in [3.8, 4) is 24.3 Å². The maximum absolute atomic E-state index is 9.35. The van der Waals surface area contributed by atoms with Crippen LogP contribution in [0.3, 0.4) is 0 Å². The number of benzene rings is 1. The lowest BCUT2D eigenvalue weighted by Gasteiger charge is -2.10. The van der Waals surface area contributed by atoms with Gasteiger partial charge in [-0.15, -0.1) is 0 Å². The van der Waals surface area contributed by atoms with Crippen LogP contribution in [0.5, 0.6) is 0 Å². The predicted octanol–water partition coefficient (Wildman–Crippen LogP) is 1.51. The molecule has 0 radical (unpaired) electrons. The number of aromatic nitrogens is 10. The van der Waals surface area contributed by atoms with Gasteiger partial charge in [0.15, 0.2) is 45.4 Å². The molecule has 14 heteroatoms. The van der Waals surface area contributed by atoms with E-state index in [4.69, 9.17) is 0 Å². The average Bonchev–Trinajstić information content (AvgIpc) is 2.90. The van der Waals surface area contributed by atoms with Crippen molar-refractivity contribution < 1.29 is 0 Å². The highest BCUT2D eigenvalue weighted by molar-refractivity contribution is 6.19. The highest BCUT2D eigenvalue weighted by atomic mass is 15.0. The zero-order valence-electron chi connectivity index (χ0n) is 18.3. The molecule has 6 aromatic rings. The number of fused-ring (bicyclic) bond motifs is 8. The van der Waals surface area contributed by atoms with E-state index in [0.29, 0.717) is 22.4 Å². The topological polar surface area (TPSA) is 224 Å². The minimum atomic E-state index is -0.194. The molecule has 0 atom stereocenters. The van der Waals surface area contributed by atoms with Crippen molar-refractivity contribution in [3.63, 3.8) is 0 Å². The van der Waals surface area contributed by atoms with E-state index in [-0.39, 0.29) is 67.4 Å². The molecule has 0 saturated heterocycles. The fourth-order valence-electron chi connectivity index (χ4n) is 3.68. The number of hydrogen-bond donors (Lipinski definition) is 0. The molecule has 14 nitrogen and oxygen atoms in total. The number of nitriles is 4. The van der Waals surface area contributed by atoms with Crippen molar-refractivity contribution in [2.45, 2.75) is 13.8 Å². The lowest BCUT2D eigenvalue weighted by atomic mass is 10.1. The van der Waals surface area contributed by atoms with Crippen molar-refractivity contribution in [1.29, 1.82) is 21.0 Å². The van der Waals surface area contributed by atoms with Gasteiger partial charge in [-0.25, -0.2) is 49.8 Å². The second-order valence-corrected chi connectivity index (χ2v) is 7.52. The van der Waals surface area contributed by atoms with Gasteiger partial charge in [-0.2, -0.15) is 21.0 Å². The third-order valence-electron chi connectivity index (χ3n) is 5.44. The van der Waals surface area contributed by atoms with E-state index in [2.05, 4.69) is 49.8 Å². The molecule has 1 aromatic carbocycles. The summed E-state index contributed by atoms with van der Waals surface area (Å²) in [6, 6.07) is 7.31.